The maximum atomic E-state index is 12.7. The van der Waals surface area contributed by atoms with Gasteiger partial charge in [-0.2, -0.15) is 0 Å². The minimum atomic E-state index is -4.01. The Morgan fingerprint density at radius 2 is 1.62 bits per heavy atom. The molecule has 1 aliphatic rings. The number of nitrogens with zero attached hydrogens (tertiary/aromatic N) is 1. The lowest BCUT2D eigenvalue weighted by Crippen LogP contribution is -2.34. The molecule has 0 aliphatic heterocycles. The fraction of sp³-hybridized carbons (Fsp3) is 0.273. The van der Waals surface area contributed by atoms with Crippen molar-refractivity contribution in [1.82, 2.24) is 9.71 Å². The van der Waals surface area contributed by atoms with Crippen LogP contribution in [0.15, 0.2) is 96.2 Å². The van der Waals surface area contributed by atoms with Gasteiger partial charge in [-0.3, -0.25) is 4.98 Å². The number of pyridine rings is 1. The number of carbonyl (C=O) groups is 1. The number of urea groups is 1. The molecule has 9 heteroatoms. The molecule has 0 radical (unpaired) electrons. The third kappa shape index (κ3) is 7.09. The van der Waals surface area contributed by atoms with Gasteiger partial charge in [-0.25, -0.2) is 17.9 Å². The van der Waals surface area contributed by atoms with Crippen molar-refractivity contribution in [1.29, 1.82) is 0 Å². The maximum Gasteiger partial charge on any atom is 0.333 e. The number of anilines is 1. The average Bonchev–Trinajstić information content (AvgIpc) is 3.50. The van der Waals surface area contributed by atoms with Crippen molar-refractivity contribution in [2.24, 2.45) is 0 Å². The van der Waals surface area contributed by atoms with Crippen molar-refractivity contribution in [2.45, 2.75) is 55.9 Å². The second-order valence-electron chi connectivity index (χ2n) is 10.5. The Kier molecular flexibility index (Phi) is 9.07. The van der Waals surface area contributed by atoms with Crippen molar-refractivity contribution in [3.63, 3.8) is 0 Å². The number of carbonyl (C=O) groups excluding carboxylic acids is 1. The van der Waals surface area contributed by atoms with E-state index >= 15 is 0 Å². The standard InChI is InChI=1S/C33H35N3O5S/c1-23-7-3-6-10-32(23)42(38,39)36-33(37)35-27-14-11-25(12-15-27)29(21-24-17-19-34-20-18-24)26-13-16-30(40-2)31(22-26)41-28-8-4-5-9-28/h3,6-7,10-20,22,28-29H,4-5,8-9,21H2,1-2H3,(H2,35,36,37)/t29-/m1/s1. The smallest absolute Gasteiger partial charge is 0.333 e. The van der Waals surface area contributed by atoms with Crippen LogP contribution in [0.2, 0.25) is 0 Å². The molecule has 42 heavy (non-hydrogen) atoms. The van der Waals surface area contributed by atoms with Gasteiger partial charge in [0.1, 0.15) is 0 Å². The second kappa shape index (κ2) is 13.1. The van der Waals surface area contributed by atoms with Crippen LogP contribution in [-0.4, -0.2) is 32.6 Å². The summed E-state index contributed by atoms with van der Waals surface area (Å²) in [6.45, 7) is 1.68. The van der Waals surface area contributed by atoms with Crippen LogP contribution in [0, 0.1) is 6.92 Å². The maximum absolute atomic E-state index is 12.7. The predicted molar refractivity (Wildman–Crippen MR) is 163 cm³/mol. The zero-order valence-corrected chi connectivity index (χ0v) is 24.6. The molecular formula is C33H35N3O5S. The molecule has 218 valence electrons. The molecular weight excluding hydrogens is 550 g/mol. The molecule has 1 fully saturated rings. The molecule has 0 bridgehead atoms. The Labute approximate surface area is 247 Å². The summed E-state index contributed by atoms with van der Waals surface area (Å²) >= 11 is 0. The lowest BCUT2D eigenvalue weighted by atomic mass is 9.86. The molecule has 0 saturated heterocycles. The first-order valence-electron chi connectivity index (χ1n) is 14.1. The summed E-state index contributed by atoms with van der Waals surface area (Å²) in [4.78, 5) is 16.8. The SMILES string of the molecule is COc1ccc([C@H](Cc2ccncc2)c2ccc(NC(=O)NS(=O)(=O)c3ccccc3C)cc2)cc1OC1CCCC1. The number of hydrogen-bond acceptors (Lipinski definition) is 6. The van der Waals surface area contributed by atoms with Crippen LogP contribution in [0.4, 0.5) is 10.5 Å². The van der Waals surface area contributed by atoms with Crippen LogP contribution in [0.1, 0.15) is 53.9 Å². The summed E-state index contributed by atoms with van der Waals surface area (Å²) in [7, 11) is -2.36. The average molecular weight is 586 g/mol. The monoisotopic (exact) mass is 585 g/mol. The lowest BCUT2D eigenvalue weighted by Gasteiger charge is -2.22. The van der Waals surface area contributed by atoms with E-state index in [0.717, 1.165) is 41.7 Å². The minimum absolute atomic E-state index is 0.0199. The number of ether oxygens (including phenoxy) is 2. The largest absolute Gasteiger partial charge is 0.493 e. The Hall–Kier alpha value is -4.37. The summed E-state index contributed by atoms with van der Waals surface area (Å²) < 4.78 is 39.5. The fourth-order valence-corrected chi connectivity index (χ4v) is 6.52. The number of aromatic nitrogens is 1. The molecule has 1 atom stereocenters. The van der Waals surface area contributed by atoms with Crippen LogP contribution in [0.25, 0.3) is 0 Å². The van der Waals surface area contributed by atoms with Crippen LogP contribution in [0.3, 0.4) is 0 Å². The van der Waals surface area contributed by atoms with Gasteiger partial charge >= 0.3 is 6.03 Å². The van der Waals surface area contributed by atoms with Crippen LogP contribution in [0.5, 0.6) is 11.5 Å². The van der Waals surface area contributed by atoms with Gasteiger partial charge in [0.15, 0.2) is 11.5 Å². The van der Waals surface area contributed by atoms with E-state index in [1.165, 1.54) is 18.9 Å². The van der Waals surface area contributed by atoms with Crippen LogP contribution >= 0.6 is 0 Å². The number of nitrogens with one attached hydrogen (secondary N) is 2. The highest BCUT2D eigenvalue weighted by atomic mass is 32.2. The summed E-state index contributed by atoms with van der Waals surface area (Å²) in [5.74, 6) is 1.43. The summed E-state index contributed by atoms with van der Waals surface area (Å²) in [5, 5.41) is 2.63. The molecule has 0 unspecified atom stereocenters. The van der Waals surface area contributed by atoms with Crippen molar-refractivity contribution >= 4 is 21.7 Å². The number of sulfonamides is 1. The van der Waals surface area contributed by atoms with E-state index in [9.17, 15) is 13.2 Å². The fourth-order valence-electron chi connectivity index (χ4n) is 5.36. The van der Waals surface area contributed by atoms with Gasteiger partial charge in [0.05, 0.1) is 18.1 Å². The zero-order chi connectivity index (χ0) is 29.5. The highest BCUT2D eigenvalue weighted by Gasteiger charge is 2.23. The zero-order valence-electron chi connectivity index (χ0n) is 23.7. The van der Waals surface area contributed by atoms with Gasteiger partial charge in [0.25, 0.3) is 10.0 Å². The van der Waals surface area contributed by atoms with E-state index in [1.54, 1.807) is 56.8 Å². The van der Waals surface area contributed by atoms with Crippen molar-refractivity contribution in [2.75, 3.05) is 12.4 Å². The number of methoxy groups -OCH3 is 1. The van der Waals surface area contributed by atoms with Gasteiger partial charge in [-0.1, -0.05) is 36.4 Å². The minimum Gasteiger partial charge on any atom is -0.493 e. The van der Waals surface area contributed by atoms with Crippen molar-refractivity contribution in [3.8, 4) is 11.5 Å². The summed E-state index contributed by atoms with van der Waals surface area (Å²) in [5.41, 5.74) is 4.26. The first-order valence-corrected chi connectivity index (χ1v) is 15.5. The second-order valence-corrected chi connectivity index (χ2v) is 12.1. The van der Waals surface area contributed by atoms with Gasteiger partial charge in [-0.15, -0.1) is 0 Å². The lowest BCUT2D eigenvalue weighted by molar-refractivity contribution is 0.200. The topological polar surface area (TPSA) is 107 Å². The van der Waals surface area contributed by atoms with E-state index in [0.29, 0.717) is 17.0 Å². The van der Waals surface area contributed by atoms with Gasteiger partial charge < -0.3 is 14.8 Å². The molecule has 1 heterocycles. The number of hydrogen-bond donors (Lipinski definition) is 2. The Morgan fingerprint density at radius 3 is 2.31 bits per heavy atom. The Morgan fingerprint density at radius 1 is 0.929 bits per heavy atom. The molecule has 1 saturated carbocycles. The number of aryl methyl sites for hydroxylation is 1. The summed E-state index contributed by atoms with van der Waals surface area (Å²) in [6, 6.07) is 23.2. The number of amides is 2. The van der Waals surface area contributed by atoms with E-state index in [-0.39, 0.29) is 16.9 Å². The molecule has 0 spiro atoms. The van der Waals surface area contributed by atoms with E-state index in [4.69, 9.17) is 9.47 Å². The first-order chi connectivity index (χ1) is 20.3. The third-order valence-corrected chi connectivity index (χ3v) is 9.05. The van der Waals surface area contributed by atoms with Gasteiger partial charge in [-0.05, 0) is 104 Å². The Balaban J connectivity index is 1.37. The molecule has 2 N–H and O–H groups in total. The highest BCUT2D eigenvalue weighted by molar-refractivity contribution is 7.90. The highest BCUT2D eigenvalue weighted by Crippen LogP contribution is 2.37. The normalized spacial score (nSPS) is 14.2. The van der Waals surface area contributed by atoms with E-state index < -0.39 is 16.1 Å². The van der Waals surface area contributed by atoms with E-state index in [2.05, 4.69) is 27.2 Å². The number of benzene rings is 3. The Bertz CT molecular complexity index is 1620. The van der Waals surface area contributed by atoms with Gasteiger partial charge in [0, 0.05) is 24.0 Å². The van der Waals surface area contributed by atoms with Crippen LogP contribution in [-0.2, 0) is 16.4 Å². The third-order valence-electron chi connectivity index (χ3n) is 7.56. The molecule has 5 rings (SSSR count). The molecule has 4 aromatic rings. The molecule has 2 amide bonds. The van der Waals surface area contributed by atoms with Crippen molar-refractivity contribution < 1.29 is 22.7 Å². The molecule has 1 aromatic heterocycles. The molecule has 8 nitrogen and oxygen atoms in total. The number of rotatable bonds is 10. The van der Waals surface area contributed by atoms with Gasteiger partial charge in [0.2, 0.25) is 0 Å². The summed E-state index contributed by atoms with van der Waals surface area (Å²) in [6.07, 6.45) is 8.92. The quantitative estimate of drug-likeness (QED) is 0.217. The molecule has 3 aromatic carbocycles. The first kappa shape index (κ1) is 29.1. The van der Waals surface area contributed by atoms with Crippen LogP contribution < -0.4 is 19.5 Å². The van der Waals surface area contributed by atoms with E-state index in [1.807, 2.05) is 30.3 Å². The predicted octanol–water partition coefficient (Wildman–Crippen LogP) is 6.61. The van der Waals surface area contributed by atoms with Crippen molar-refractivity contribution in [3.05, 3.63) is 114 Å². The molecule has 1 aliphatic carbocycles.